The minimum absolute atomic E-state index is 0.0483. The van der Waals surface area contributed by atoms with Crippen molar-refractivity contribution in [2.24, 2.45) is 5.73 Å². The fourth-order valence-corrected chi connectivity index (χ4v) is 7.30. The topological polar surface area (TPSA) is 185 Å². The van der Waals surface area contributed by atoms with Gasteiger partial charge < -0.3 is 49.6 Å². The van der Waals surface area contributed by atoms with Gasteiger partial charge in [-0.25, -0.2) is 9.69 Å². The first-order valence-electron chi connectivity index (χ1n) is 16.7. The van der Waals surface area contributed by atoms with Gasteiger partial charge >= 0.3 is 6.09 Å². The summed E-state index contributed by atoms with van der Waals surface area (Å²) >= 11 is 0. The van der Waals surface area contributed by atoms with Gasteiger partial charge in [-0.2, -0.15) is 0 Å². The number of unbranched alkanes of at least 4 members (excludes halogenated alkanes) is 2. The number of fused-ring (bicyclic) bond motifs is 4. The molecule has 15 heteroatoms. The summed E-state index contributed by atoms with van der Waals surface area (Å²) < 4.78 is 23.1. The maximum atomic E-state index is 13.4. The molecule has 4 aliphatic heterocycles. The van der Waals surface area contributed by atoms with Crippen LogP contribution in [0.3, 0.4) is 0 Å². The van der Waals surface area contributed by atoms with Gasteiger partial charge in [0.15, 0.2) is 29.2 Å². The molecule has 1 unspecified atom stereocenters. The number of nitrogens with zero attached hydrogens (tertiary/aromatic N) is 4. The normalized spacial score (nSPS) is 21.3. The van der Waals surface area contributed by atoms with Crippen molar-refractivity contribution in [3.05, 3.63) is 35.4 Å². The van der Waals surface area contributed by atoms with Crippen molar-refractivity contribution in [2.45, 2.75) is 63.3 Å². The number of hydrogen-bond acceptors (Lipinski definition) is 10. The summed E-state index contributed by atoms with van der Waals surface area (Å²) in [7, 11) is 2.94. The lowest BCUT2D eigenvalue weighted by Gasteiger charge is -2.30. The van der Waals surface area contributed by atoms with Crippen LogP contribution in [0, 0.1) is 0 Å². The second kappa shape index (κ2) is 14.4. The third-order valence-corrected chi connectivity index (χ3v) is 9.76. The number of benzene rings is 2. The van der Waals surface area contributed by atoms with E-state index in [4.69, 9.17) is 24.7 Å². The fraction of sp³-hybridized carbons (Fsp3) is 0.529. The number of amides is 4. The summed E-state index contributed by atoms with van der Waals surface area (Å²) in [5.41, 5.74) is 6.76. The Labute approximate surface area is 284 Å². The minimum Gasteiger partial charge on any atom is -0.493 e. The Bertz CT molecular complexity index is 1620. The highest BCUT2D eigenvalue weighted by atomic mass is 16.5. The Balaban J connectivity index is 1.09. The molecule has 15 nitrogen and oxygen atoms in total. The monoisotopic (exact) mass is 681 g/mol. The highest BCUT2D eigenvalue weighted by molar-refractivity contribution is 6.07. The number of ether oxygens (including phenoxy) is 4. The number of aliphatic hydroxyl groups is 1. The van der Waals surface area contributed by atoms with Crippen LogP contribution in [0.5, 0.6) is 23.0 Å². The van der Waals surface area contributed by atoms with Crippen LogP contribution in [-0.2, 0) is 4.79 Å². The number of carbonyl (C=O) groups excluding carboxylic acids is 3. The number of nitrogens with two attached hydrogens (primary N) is 1. The number of hydrogen-bond donors (Lipinski definition) is 3. The van der Waals surface area contributed by atoms with E-state index in [1.165, 1.54) is 31.3 Å². The van der Waals surface area contributed by atoms with Crippen LogP contribution in [0.25, 0.3) is 0 Å². The summed E-state index contributed by atoms with van der Waals surface area (Å²) in [6.45, 7) is 1.86. The predicted octanol–water partition coefficient (Wildman–Crippen LogP) is 2.66. The molecule has 3 atom stereocenters. The average molecular weight is 682 g/mol. The van der Waals surface area contributed by atoms with Crippen molar-refractivity contribution in [3.8, 4) is 23.0 Å². The molecule has 6 rings (SSSR count). The Morgan fingerprint density at radius 1 is 0.816 bits per heavy atom. The molecule has 2 saturated heterocycles. The van der Waals surface area contributed by atoms with Crippen molar-refractivity contribution < 1.29 is 48.3 Å². The molecule has 2 fully saturated rings. The van der Waals surface area contributed by atoms with E-state index in [-0.39, 0.29) is 59.7 Å². The summed E-state index contributed by atoms with van der Waals surface area (Å²) in [6.07, 6.45) is 2.08. The molecular weight excluding hydrogens is 638 g/mol. The smallest absolute Gasteiger partial charge is 0.414 e. The molecule has 4 aliphatic rings. The number of carboxylic acid groups (broad SMARTS) is 1. The molecule has 0 spiro atoms. The maximum absolute atomic E-state index is 13.4. The molecule has 2 aromatic carbocycles. The first-order valence-corrected chi connectivity index (χ1v) is 16.7. The number of carbonyl (C=O) groups is 4. The van der Waals surface area contributed by atoms with Gasteiger partial charge in [0.2, 0.25) is 5.91 Å². The summed E-state index contributed by atoms with van der Waals surface area (Å²) in [6, 6.07) is 5.52. The first-order chi connectivity index (χ1) is 23.7. The largest absolute Gasteiger partial charge is 0.493 e. The van der Waals surface area contributed by atoms with Crippen LogP contribution in [0.15, 0.2) is 24.3 Å². The van der Waals surface area contributed by atoms with Crippen LogP contribution in [0.2, 0.25) is 0 Å². The van der Waals surface area contributed by atoms with E-state index in [2.05, 4.69) is 0 Å². The van der Waals surface area contributed by atoms with Gasteiger partial charge in [0, 0.05) is 31.8 Å². The van der Waals surface area contributed by atoms with Crippen LogP contribution < -0.4 is 34.5 Å². The van der Waals surface area contributed by atoms with E-state index >= 15 is 0 Å². The molecule has 0 aliphatic carbocycles. The standard InChI is InChI=1S/C34H43N5O10/c1-46-26-14-21-24(38(30(40)18-35)19-20-8-6-10-36(20)31(21)41)16-28(26)48-12-4-3-5-13-49-29-17-25-22(15-27(29)47-2)32(42)37-11-7-9-23(37)33(43)39(25)34(44)45/h14-17,20,23,33,43H,3-13,18-19,35H2,1-2H3,(H,44,45)/t20-,23-,33?/m0/s1. The van der Waals surface area contributed by atoms with E-state index in [0.717, 1.165) is 17.7 Å². The quantitative estimate of drug-likeness (QED) is 0.296. The van der Waals surface area contributed by atoms with Crippen molar-refractivity contribution in [3.63, 3.8) is 0 Å². The van der Waals surface area contributed by atoms with Crippen molar-refractivity contribution >= 4 is 35.2 Å². The Morgan fingerprint density at radius 3 is 2.00 bits per heavy atom. The minimum atomic E-state index is -1.41. The van der Waals surface area contributed by atoms with Gasteiger partial charge in [-0.3, -0.25) is 14.4 Å². The van der Waals surface area contributed by atoms with Gasteiger partial charge in [0.1, 0.15) is 0 Å². The SMILES string of the molecule is COc1cc2c(cc1OCCCCCOc1cc3c(cc1OC)C(=O)N1CCC[C@H]1C(O)N3C(=O)O)N(C(=O)CN)C[C@@H]1CCCN1C2=O. The van der Waals surface area contributed by atoms with E-state index in [0.29, 0.717) is 81.1 Å². The van der Waals surface area contributed by atoms with Crippen molar-refractivity contribution in [2.75, 3.05) is 63.4 Å². The number of rotatable bonds is 11. The molecular formula is C34H43N5O10. The zero-order valence-corrected chi connectivity index (χ0v) is 27.8. The number of aliphatic hydroxyl groups excluding tert-OH is 1. The molecule has 4 amide bonds. The number of anilines is 2. The summed E-state index contributed by atoms with van der Waals surface area (Å²) in [5, 5.41) is 21.0. The third-order valence-electron chi connectivity index (χ3n) is 9.76. The number of methoxy groups -OCH3 is 2. The van der Waals surface area contributed by atoms with Crippen LogP contribution in [-0.4, -0.2) is 116 Å². The Kier molecular flexibility index (Phi) is 10.0. The lowest BCUT2D eigenvalue weighted by atomic mass is 10.1. The average Bonchev–Trinajstić information content (AvgIpc) is 3.75. The van der Waals surface area contributed by atoms with Gasteiger partial charge in [-0.1, -0.05) is 0 Å². The van der Waals surface area contributed by atoms with Crippen LogP contribution in [0.4, 0.5) is 16.2 Å². The second-order valence-corrected chi connectivity index (χ2v) is 12.6. The van der Waals surface area contributed by atoms with Crippen LogP contribution in [0.1, 0.15) is 65.7 Å². The molecule has 0 aromatic heterocycles. The first kappa shape index (κ1) is 34.1. The molecule has 0 bridgehead atoms. The second-order valence-electron chi connectivity index (χ2n) is 12.6. The highest BCUT2D eigenvalue weighted by Gasteiger charge is 2.45. The fourth-order valence-electron chi connectivity index (χ4n) is 7.30. The highest BCUT2D eigenvalue weighted by Crippen LogP contribution is 2.42. The lowest BCUT2D eigenvalue weighted by molar-refractivity contribution is -0.117. The van der Waals surface area contributed by atoms with E-state index in [1.54, 1.807) is 17.0 Å². The molecule has 49 heavy (non-hydrogen) atoms. The molecule has 0 radical (unpaired) electrons. The third kappa shape index (κ3) is 6.39. The lowest BCUT2D eigenvalue weighted by Crippen LogP contribution is -2.50. The summed E-state index contributed by atoms with van der Waals surface area (Å²) in [5.74, 6) is 0.571. The zero-order valence-electron chi connectivity index (χ0n) is 27.8. The van der Waals surface area contributed by atoms with E-state index in [9.17, 15) is 29.4 Å². The van der Waals surface area contributed by atoms with E-state index in [1.807, 2.05) is 4.90 Å². The van der Waals surface area contributed by atoms with Gasteiger partial charge in [-0.15, -0.1) is 0 Å². The Hall–Kier alpha value is -4.76. The zero-order chi connectivity index (χ0) is 34.8. The van der Waals surface area contributed by atoms with Gasteiger partial charge in [0.05, 0.1) is 68.6 Å². The molecule has 264 valence electrons. The summed E-state index contributed by atoms with van der Waals surface area (Å²) in [4.78, 5) is 57.7. The van der Waals surface area contributed by atoms with E-state index < -0.39 is 18.4 Å². The molecule has 2 aromatic rings. The Morgan fingerprint density at radius 2 is 1.39 bits per heavy atom. The van der Waals surface area contributed by atoms with Crippen molar-refractivity contribution in [1.29, 1.82) is 0 Å². The molecule has 4 heterocycles. The van der Waals surface area contributed by atoms with Crippen LogP contribution >= 0.6 is 0 Å². The van der Waals surface area contributed by atoms with Gasteiger partial charge in [-0.05, 0) is 57.1 Å². The van der Waals surface area contributed by atoms with Crippen molar-refractivity contribution in [1.82, 2.24) is 9.80 Å². The maximum Gasteiger partial charge on any atom is 0.414 e. The van der Waals surface area contributed by atoms with Gasteiger partial charge in [0.25, 0.3) is 11.8 Å². The predicted molar refractivity (Wildman–Crippen MR) is 177 cm³/mol. The molecule has 4 N–H and O–H groups in total. The molecule has 0 saturated carbocycles.